The van der Waals surface area contributed by atoms with Crippen LogP contribution >= 0.6 is 0 Å². The molecule has 5 aromatic rings. The van der Waals surface area contributed by atoms with Crippen molar-refractivity contribution in [3.63, 3.8) is 0 Å². The van der Waals surface area contributed by atoms with Gasteiger partial charge >= 0.3 is 0 Å². The second-order valence-corrected chi connectivity index (χ2v) is 6.64. The quantitative estimate of drug-likeness (QED) is 0.400. The Kier molecular flexibility index (Phi) is 3.36. The molecule has 0 aliphatic heterocycles. The third-order valence-corrected chi connectivity index (χ3v) is 4.99. The molecule has 2 heterocycles. The van der Waals surface area contributed by atoms with Gasteiger partial charge in [-0.1, -0.05) is 72.8 Å². The lowest BCUT2D eigenvalue weighted by atomic mass is 10.00. The lowest BCUT2D eigenvalue weighted by molar-refractivity contribution is 1.35. The van der Waals surface area contributed by atoms with Crippen molar-refractivity contribution in [1.29, 1.82) is 0 Å². The molecule has 0 amide bonds. The number of rotatable bonds is 2. The fourth-order valence-corrected chi connectivity index (χ4v) is 3.66. The first kappa shape index (κ1) is 14.9. The number of H-pyrrole nitrogens is 1. The topological polar surface area (TPSA) is 28.7 Å². The highest BCUT2D eigenvalue weighted by Crippen LogP contribution is 2.35. The van der Waals surface area contributed by atoms with E-state index >= 15 is 0 Å². The number of hydrogen-bond donors (Lipinski definition) is 1. The summed E-state index contributed by atoms with van der Waals surface area (Å²) in [5, 5.41) is 3.60. The molecule has 2 aromatic heterocycles. The van der Waals surface area contributed by atoms with E-state index in [2.05, 4.69) is 90.9 Å². The number of fused-ring (bicyclic) bond motifs is 2. The normalized spacial score (nSPS) is 11.3. The zero-order chi connectivity index (χ0) is 17.5. The number of pyridine rings is 1. The van der Waals surface area contributed by atoms with Gasteiger partial charge in [0.15, 0.2) is 0 Å². The summed E-state index contributed by atoms with van der Waals surface area (Å²) in [6.07, 6.45) is 2.08. The molecule has 0 radical (unpaired) electrons. The van der Waals surface area contributed by atoms with Crippen LogP contribution in [0.25, 0.3) is 44.2 Å². The van der Waals surface area contributed by atoms with Crippen LogP contribution in [0.3, 0.4) is 0 Å². The predicted molar refractivity (Wildman–Crippen MR) is 109 cm³/mol. The molecule has 0 spiro atoms. The Morgan fingerprint density at radius 3 is 2.42 bits per heavy atom. The number of nitrogens with zero attached hydrogens (tertiary/aromatic N) is 1. The van der Waals surface area contributed by atoms with E-state index in [4.69, 9.17) is 4.98 Å². The average Bonchev–Trinajstić information content (AvgIpc) is 3.13. The lowest BCUT2D eigenvalue weighted by Crippen LogP contribution is -1.90. The highest BCUT2D eigenvalue weighted by Gasteiger charge is 2.14. The minimum atomic E-state index is 1.00. The van der Waals surface area contributed by atoms with E-state index in [0.717, 1.165) is 22.5 Å². The summed E-state index contributed by atoms with van der Waals surface area (Å²) in [5.74, 6) is 0. The molecule has 124 valence electrons. The van der Waals surface area contributed by atoms with Gasteiger partial charge in [0.2, 0.25) is 0 Å². The second-order valence-electron chi connectivity index (χ2n) is 6.64. The van der Waals surface area contributed by atoms with Crippen molar-refractivity contribution in [3.8, 4) is 22.5 Å². The van der Waals surface area contributed by atoms with Crippen LogP contribution in [0.1, 0.15) is 5.56 Å². The van der Waals surface area contributed by atoms with Crippen molar-refractivity contribution < 1.29 is 0 Å². The fourth-order valence-electron chi connectivity index (χ4n) is 3.66. The molecule has 5 rings (SSSR count). The van der Waals surface area contributed by atoms with E-state index in [0.29, 0.717) is 0 Å². The van der Waals surface area contributed by atoms with Gasteiger partial charge in [0, 0.05) is 33.6 Å². The molecule has 1 N–H and O–H groups in total. The molecule has 0 bridgehead atoms. The molecule has 0 fully saturated rings. The average molecular weight is 334 g/mol. The van der Waals surface area contributed by atoms with Crippen molar-refractivity contribution in [2.45, 2.75) is 6.92 Å². The number of hydrogen-bond acceptors (Lipinski definition) is 1. The molecule has 0 atom stereocenters. The molecule has 0 aliphatic carbocycles. The Labute approximate surface area is 152 Å². The summed E-state index contributed by atoms with van der Waals surface area (Å²) in [6.45, 7) is 2.13. The molecule has 2 heteroatoms. The number of nitrogens with one attached hydrogen (secondary N) is 1. The first-order chi connectivity index (χ1) is 12.8. The summed E-state index contributed by atoms with van der Waals surface area (Å²) in [6, 6.07) is 27.4. The standard InChI is InChI=1S/C24H18N2/c1-16-8-7-13-20-21(15-25-23(16)20)24-19-12-6-5-11-18(19)14-22(26-24)17-9-3-2-4-10-17/h2-15,25H,1H3. The molecule has 26 heavy (non-hydrogen) atoms. The first-order valence-corrected chi connectivity index (χ1v) is 8.83. The number of para-hydroxylation sites is 1. The molecule has 2 nitrogen and oxygen atoms in total. The summed E-state index contributed by atoms with van der Waals surface area (Å²) in [5.41, 5.74) is 6.74. The van der Waals surface area contributed by atoms with Crippen LogP contribution in [0.15, 0.2) is 85.1 Å². The van der Waals surface area contributed by atoms with E-state index in [1.54, 1.807) is 0 Å². The molecule has 0 saturated heterocycles. The first-order valence-electron chi connectivity index (χ1n) is 8.83. The van der Waals surface area contributed by atoms with Crippen molar-refractivity contribution in [3.05, 3.63) is 90.6 Å². The van der Waals surface area contributed by atoms with E-state index < -0.39 is 0 Å². The van der Waals surface area contributed by atoms with Gasteiger partial charge in [-0.2, -0.15) is 0 Å². The van der Waals surface area contributed by atoms with Crippen LogP contribution in [-0.4, -0.2) is 9.97 Å². The fraction of sp³-hybridized carbons (Fsp3) is 0.0417. The summed E-state index contributed by atoms with van der Waals surface area (Å²) >= 11 is 0. The van der Waals surface area contributed by atoms with E-state index in [1.165, 1.54) is 27.2 Å². The highest BCUT2D eigenvalue weighted by molar-refractivity contribution is 6.05. The van der Waals surface area contributed by atoms with Gasteiger partial charge in [0.1, 0.15) is 0 Å². The van der Waals surface area contributed by atoms with Crippen LogP contribution < -0.4 is 0 Å². The molecular weight excluding hydrogens is 316 g/mol. The number of aryl methyl sites for hydroxylation is 1. The van der Waals surface area contributed by atoms with Gasteiger partial charge in [-0.15, -0.1) is 0 Å². The Balaban J connectivity index is 1.85. The second kappa shape index (κ2) is 5.85. The zero-order valence-electron chi connectivity index (χ0n) is 14.5. The number of benzene rings is 3. The van der Waals surface area contributed by atoms with Crippen molar-refractivity contribution in [2.24, 2.45) is 0 Å². The Morgan fingerprint density at radius 2 is 1.54 bits per heavy atom. The monoisotopic (exact) mass is 334 g/mol. The lowest BCUT2D eigenvalue weighted by Gasteiger charge is -2.10. The van der Waals surface area contributed by atoms with Crippen molar-refractivity contribution in [1.82, 2.24) is 9.97 Å². The molecule has 0 aliphatic rings. The van der Waals surface area contributed by atoms with Gasteiger partial charge in [0.25, 0.3) is 0 Å². The SMILES string of the molecule is Cc1cccc2c(-c3nc(-c4ccccc4)cc4ccccc34)c[nH]c12. The predicted octanol–water partition coefficient (Wildman–Crippen LogP) is 6.36. The zero-order valence-corrected chi connectivity index (χ0v) is 14.5. The maximum atomic E-state index is 5.07. The van der Waals surface area contributed by atoms with Crippen LogP contribution in [-0.2, 0) is 0 Å². The molecular formula is C24H18N2. The smallest absolute Gasteiger partial charge is 0.0809 e. The van der Waals surface area contributed by atoms with Crippen LogP contribution in [0.4, 0.5) is 0 Å². The van der Waals surface area contributed by atoms with Crippen LogP contribution in [0.2, 0.25) is 0 Å². The van der Waals surface area contributed by atoms with Crippen molar-refractivity contribution >= 4 is 21.7 Å². The third kappa shape index (κ3) is 2.31. The largest absolute Gasteiger partial charge is 0.360 e. The molecule has 0 unspecified atom stereocenters. The maximum Gasteiger partial charge on any atom is 0.0809 e. The summed E-state index contributed by atoms with van der Waals surface area (Å²) in [4.78, 5) is 8.51. The van der Waals surface area contributed by atoms with E-state index in [9.17, 15) is 0 Å². The third-order valence-electron chi connectivity index (χ3n) is 4.99. The van der Waals surface area contributed by atoms with Gasteiger partial charge < -0.3 is 4.98 Å². The van der Waals surface area contributed by atoms with Gasteiger partial charge in [-0.25, -0.2) is 4.98 Å². The van der Waals surface area contributed by atoms with Crippen molar-refractivity contribution in [2.75, 3.05) is 0 Å². The van der Waals surface area contributed by atoms with Crippen LogP contribution in [0.5, 0.6) is 0 Å². The van der Waals surface area contributed by atoms with Gasteiger partial charge in [-0.3, -0.25) is 0 Å². The Morgan fingerprint density at radius 1 is 0.769 bits per heavy atom. The van der Waals surface area contributed by atoms with E-state index in [-0.39, 0.29) is 0 Å². The Bertz CT molecular complexity index is 1230. The molecule has 0 saturated carbocycles. The summed E-state index contributed by atoms with van der Waals surface area (Å²) in [7, 11) is 0. The summed E-state index contributed by atoms with van der Waals surface area (Å²) < 4.78 is 0. The van der Waals surface area contributed by atoms with E-state index in [1.807, 2.05) is 6.07 Å². The van der Waals surface area contributed by atoms with Crippen LogP contribution in [0, 0.1) is 6.92 Å². The number of aromatic nitrogens is 2. The van der Waals surface area contributed by atoms with Gasteiger partial charge in [0.05, 0.1) is 11.4 Å². The number of aromatic amines is 1. The minimum Gasteiger partial charge on any atom is -0.360 e. The highest BCUT2D eigenvalue weighted by atomic mass is 14.7. The maximum absolute atomic E-state index is 5.07. The van der Waals surface area contributed by atoms with Gasteiger partial charge in [-0.05, 0) is 23.9 Å². The minimum absolute atomic E-state index is 1.00. The molecule has 3 aromatic carbocycles. The Hall–Kier alpha value is -3.39.